The Kier molecular flexibility index (Phi) is 5.20. The third-order valence-corrected chi connectivity index (χ3v) is 4.87. The zero-order valence-electron chi connectivity index (χ0n) is 11.1. The van der Waals surface area contributed by atoms with Gasteiger partial charge >= 0.3 is 0 Å². The van der Waals surface area contributed by atoms with Gasteiger partial charge in [-0.15, -0.1) is 0 Å². The molecule has 0 bridgehead atoms. The highest BCUT2D eigenvalue weighted by Crippen LogP contribution is 2.20. The molecular formula is C15H16BrNO2S. The summed E-state index contributed by atoms with van der Waals surface area (Å²) in [5.74, 6) is 1.21. The fourth-order valence-electron chi connectivity index (χ4n) is 1.78. The molecule has 0 aliphatic heterocycles. The van der Waals surface area contributed by atoms with Crippen LogP contribution in [-0.2, 0) is 10.8 Å². The first-order chi connectivity index (χ1) is 9.58. The number of ether oxygens (including phenoxy) is 1. The van der Waals surface area contributed by atoms with E-state index in [1.807, 2.05) is 49.4 Å². The van der Waals surface area contributed by atoms with Crippen molar-refractivity contribution in [2.75, 3.05) is 18.1 Å². The van der Waals surface area contributed by atoms with Gasteiger partial charge < -0.3 is 10.5 Å². The maximum absolute atomic E-state index is 12.2. The molecule has 20 heavy (non-hydrogen) atoms. The average molecular weight is 354 g/mol. The van der Waals surface area contributed by atoms with Crippen LogP contribution in [0.3, 0.4) is 0 Å². The van der Waals surface area contributed by atoms with Gasteiger partial charge in [0.1, 0.15) is 12.4 Å². The van der Waals surface area contributed by atoms with Gasteiger partial charge in [0.2, 0.25) is 0 Å². The molecule has 2 rings (SSSR count). The molecule has 0 aliphatic carbocycles. The van der Waals surface area contributed by atoms with Crippen LogP contribution < -0.4 is 10.5 Å². The summed E-state index contributed by atoms with van der Waals surface area (Å²) in [7, 11) is -1.10. The second-order valence-electron chi connectivity index (χ2n) is 4.33. The minimum Gasteiger partial charge on any atom is -0.493 e. The summed E-state index contributed by atoms with van der Waals surface area (Å²) in [4.78, 5) is 0.780. The van der Waals surface area contributed by atoms with E-state index < -0.39 is 10.8 Å². The summed E-state index contributed by atoms with van der Waals surface area (Å²) < 4.78 is 18.8. The number of hydrogen-bond donors (Lipinski definition) is 1. The Labute approximate surface area is 129 Å². The molecule has 0 saturated carbocycles. The van der Waals surface area contributed by atoms with Crippen LogP contribution in [0.1, 0.15) is 5.56 Å². The van der Waals surface area contributed by atoms with Crippen molar-refractivity contribution in [3.8, 4) is 5.75 Å². The third-order valence-electron chi connectivity index (χ3n) is 2.90. The first-order valence-corrected chi connectivity index (χ1v) is 8.31. The molecule has 3 nitrogen and oxygen atoms in total. The quantitative estimate of drug-likeness (QED) is 0.836. The molecule has 0 radical (unpaired) electrons. The Hall–Kier alpha value is -1.33. The van der Waals surface area contributed by atoms with E-state index in [1.165, 1.54) is 0 Å². The molecule has 0 heterocycles. The first kappa shape index (κ1) is 15.1. The van der Waals surface area contributed by atoms with E-state index >= 15 is 0 Å². The summed E-state index contributed by atoms with van der Waals surface area (Å²) >= 11 is 3.38. The van der Waals surface area contributed by atoms with Crippen molar-refractivity contribution in [3.63, 3.8) is 0 Å². The number of nitrogen functional groups attached to an aromatic ring is 1. The Morgan fingerprint density at radius 1 is 1.25 bits per heavy atom. The monoisotopic (exact) mass is 353 g/mol. The molecule has 2 N–H and O–H groups in total. The zero-order chi connectivity index (χ0) is 14.5. The number of benzene rings is 2. The predicted molar refractivity (Wildman–Crippen MR) is 86.5 cm³/mol. The second kappa shape index (κ2) is 6.90. The molecule has 2 aromatic carbocycles. The van der Waals surface area contributed by atoms with Crippen molar-refractivity contribution in [1.82, 2.24) is 0 Å². The summed E-state index contributed by atoms with van der Waals surface area (Å²) in [5.41, 5.74) is 7.38. The molecule has 5 heteroatoms. The lowest BCUT2D eigenvalue weighted by molar-refractivity contribution is 0.342. The van der Waals surface area contributed by atoms with Crippen LogP contribution >= 0.6 is 15.9 Å². The van der Waals surface area contributed by atoms with Gasteiger partial charge in [-0.1, -0.05) is 28.1 Å². The van der Waals surface area contributed by atoms with E-state index in [4.69, 9.17) is 10.5 Å². The smallest absolute Gasteiger partial charge is 0.120 e. The van der Waals surface area contributed by atoms with Crippen LogP contribution in [0.4, 0.5) is 5.69 Å². The van der Waals surface area contributed by atoms with Crippen LogP contribution in [0.25, 0.3) is 0 Å². The fraction of sp³-hybridized carbons (Fsp3) is 0.200. The van der Waals surface area contributed by atoms with Crippen molar-refractivity contribution in [1.29, 1.82) is 0 Å². The van der Waals surface area contributed by atoms with Gasteiger partial charge in [-0.25, -0.2) is 0 Å². The molecular weight excluding hydrogens is 338 g/mol. The molecule has 0 saturated heterocycles. The molecule has 106 valence electrons. The normalized spacial score (nSPS) is 12.1. The van der Waals surface area contributed by atoms with Crippen LogP contribution in [0.15, 0.2) is 51.8 Å². The maximum atomic E-state index is 12.2. The second-order valence-corrected chi connectivity index (χ2v) is 6.78. The molecule has 0 aliphatic rings. The van der Waals surface area contributed by atoms with Crippen LogP contribution in [0.2, 0.25) is 0 Å². The van der Waals surface area contributed by atoms with Crippen LogP contribution in [0.5, 0.6) is 5.75 Å². The van der Waals surface area contributed by atoms with Crippen molar-refractivity contribution in [2.45, 2.75) is 11.8 Å². The maximum Gasteiger partial charge on any atom is 0.120 e. The minimum absolute atomic E-state index is 0.400. The molecule has 1 atom stereocenters. The Morgan fingerprint density at radius 3 is 2.75 bits per heavy atom. The summed E-state index contributed by atoms with van der Waals surface area (Å²) in [6.45, 7) is 2.29. The van der Waals surface area contributed by atoms with Crippen LogP contribution in [-0.4, -0.2) is 16.6 Å². The van der Waals surface area contributed by atoms with Gasteiger partial charge in [0.25, 0.3) is 0 Å². The van der Waals surface area contributed by atoms with Gasteiger partial charge in [-0.3, -0.25) is 4.21 Å². The van der Waals surface area contributed by atoms with Crippen molar-refractivity contribution >= 4 is 32.4 Å². The van der Waals surface area contributed by atoms with E-state index in [2.05, 4.69) is 15.9 Å². The van der Waals surface area contributed by atoms with Gasteiger partial charge in [-0.05, 0) is 42.8 Å². The molecule has 2 aromatic rings. The molecule has 0 spiro atoms. The Balaban J connectivity index is 1.94. The zero-order valence-corrected chi connectivity index (χ0v) is 13.5. The van der Waals surface area contributed by atoms with E-state index in [9.17, 15) is 4.21 Å². The van der Waals surface area contributed by atoms with Crippen molar-refractivity contribution in [2.24, 2.45) is 0 Å². The summed E-state index contributed by atoms with van der Waals surface area (Å²) in [5, 5.41) is 0. The van der Waals surface area contributed by atoms with E-state index in [0.29, 0.717) is 18.0 Å². The van der Waals surface area contributed by atoms with E-state index in [-0.39, 0.29) is 0 Å². The number of anilines is 1. The Bertz CT molecular complexity index is 631. The SMILES string of the molecule is Cc1c(N)cccc1S(=O)CCOc1cccc(Br)c1. The highest BCUT2D eigenvalue weighted by Gasteiger charge is 2.09. The van der Waals surface area contributed by atoms with Crippen molar-refractivity contribution < 1.29 is 8.95 Å². The van der Waals surface area contributed by atoms with Gasteiger partial charge in [0.15, 0.2) is 0 Å². The topological polar surface area (TPSA) is 52.3 Å². The van der Waals surface area contributed by atoms with E-state index in [0.717, 1.165) is 20.7 Å². The highest BCUT2D eigenvalue weighted by atomic mass is 79.9. The van der Waals surface area contributed by atoms with Gasteiger partial charge in [0, 0.05) is 15.1 Å². The summed E-state index contributed by atoms with van der Waals surface area (Å²) in [6.07, 6.45) is 0. The van der Waals surface area contributed by atoms with Crippen molar-refractivity contribution in [3.05, 3.63) is 52.5 Å². The highest BCUT2D eigenvalue weighted by molar-refractivity contribution is 9.10. The number of rotatable bonds is 5. The lowest BCUT2D eigenvalue weighted by Gasteiger charge is -2.09. The van der Waals surface area contributed by atoms with Gasteiger partial charge in [-0.2, -0.15) is 0 Å². The largest absolute Gasteiger partial charge is 0.493 e. The number of halogens is 1. The van der Waals surface area contributed by atoms with Crippen LogP contribution in [0, 0.1) is 6.92 Å². The standard InChI is InChI=1S/C15H16BrNO2S/c1-11-14(17)6-3-7-15(11)20(18)9-8-19-13-5-2-4-12(16)10-13/h2-7,10H,8-9,17H2,1H3. The molecule has 0 aromatic heterocycles. The predicted octanol–water partition coefficient (Wildman–Crippen LogP) is 3.53. The van der Waals surface area contributed by atoms with E-state index in [1.54, 1.807) is 0 Å². The molecule has 1 unspecified atom stereocenters. The van der Waals surface area contributed by atoms with Gasteiger partial charge in [0.05, 0.1) is 16.6 Å². The third kappa shape index (κ3) is 3.84. The average Bonchev–Trinajstić information content (AvgIpc) is 2.42. The minimum atomic E-state index is -1.10. The molecule has 0 fully saturated rings. The number of nitrogens with two attached hydrogens (primary N) is 1. The first-order valence-electron chi connectivity index (χ1n) is 6.20. The summed E-state index contributed by atoms with van der Waals surface area (Å²) in [6, 6.07) is 13.1. The fourth-order valence-corrected chi connectivity index (χ4v) is 3.30. The molecule has 0 amide bonds. The Morgan fingerprint density at radius 2 is 2.00 bits per heavy atom. The number of hydrogen-bond acceptors (Lipinski definition) is 3. The lowest BCUT2D eigenvalue weighted by Crippen LogP contribution is -2.10. The lowest BCUT2D eigenvalue weighted by atomic mass is 10.2.